The van der Waals surface area contributed by atoms with E-state index in [1.54, 1.807) is 0 Å². The fourth-order valence-electron chi connectivity index (χ4n) is 2.95. The summed E-state index contributed by atoms with van der Waals surface area (Å²) in [6, 6.07) is 6.85. The topological polar surface area (TPSA) is 118 Å². The van der Waals surface area contributed by atoms with Crippen molar-refractivity contribution in [3.8, 4) is 0 Å². The number of amides is 2. The number of nitrogens with one attached hydrogen (secondary N) is 2. The lowest BCUT2D eigenvalue weighted by Crippen LogP contribution is -2.42. The highest BCUT2D eigenvalue weighted by Gasteiger charge is 2.33. The Morgan fingerprint density at radius 3 is 2.34 bits per heavy atom. The molecule has 0 unspecified atom stereocenters. The maximum absolute atomic E-state index is 12.7. The van der Waals surface area contributed by atoms with Gasteiger partial charge < -0.3 is 4.74 Å². The highest BCUT2D eigenvalue weighted by molar-refractivity contribution is 7.89. The molecule has 1 saturated heterocycles. The molecule has 0 radical (unpaired) electrons. The summed E-state index contributed by atoms with van der Waals surface area (Å²) >= 11 is 0. The van der Waals surface area contributed by atoms with Crippen LogP contribution in [0.5, 0.6) is 0 Å². The molecule has 0 saturated carbocycles. The van der Waals surface area contributed by atoms with Crippen LogP contribution in [0.1, 0.15) is 32.1 Å². The first kappa shape index (κ1) is 23.6. The number of aryl methyl sites for hydroxylation is 1. The number of ether oxygens (including phenoxy) is 1. The van der Waals surface area contributed by atoms with E-state index in [0.717, 1.165) is 12.1 Å². The first-order valence-corrected chi connectivity index (χ1v) is 10.8. The van der Waals surface area contributed by atoms with Crippen molar-refractivity contribution in [3.63, 3.8) is 0 Å². The van der Waals surface area contributed by atoms with Gasteiger partial charge in [-0.05, 0) is 37.3 Å². The lowest BCUT2D eigenvalue weighted by atomic mass is 10.1. The molecular weight excluding hydrogens is 453 g/mol. The van der Waals surface area contributed by atoms with Crippen LogP contribution in [-0.4, -0.2) is 55.8 Å². The summed E-state index contributed by atoms with van der Waals surface area (Å²) in [6.45, 7) is 2.14. The van der Waals surface area contributed by atoms with Crippen LogP contribution in [0.2, 0.25) is 0 Å². The van der Waals surface area contributed by atoms with E-state index in [-0.39, 0.29) is 48.0 Å². The van der Waals surface area contributed by atoms with Gasteiger partial charge in [-0.3, -0.25) is 20.4 Å². The molecule has 9 nitrogen and oxygen atoms in total. The van der Waals surface area contributed by atoms with Crippen molar-refractivity contribution in [1.29, 1.82) is 0 Å². The Bertz CT molecular complexity index is 1130. The number of alkyl halides is 3. The molecule has 2 N–H and O–H groups in total. The second-order valence-electron chi connectivity index (χ2n) is 6.78. The first-order valence-electron chi connectivity index (χ1n) is 9.33. The molecule has 0 spiro atoms. The van der Waals surface area contributed by atoms with Gasteiger partial charge in [-0.25, -0.2) is 13.4 Å². The minimum absolute atomic E-state index is 0.0399. The monoisotopic (exact) mass is 472 g/mol. The molecule has 3 rings (SSSR count). The first-order chi connectivity index (χ1) is 15.0. The number of hydrogen-bond acceptors (Lipinski definition) is 6. The SMILES string of the molecule is Cc1nc(C(F)(F)F)ccc1C(=O)NNC(=O)c1cccc(S(=O)(=O)N2CCOCC2)c1. The minimum atomic E-state index is -4.65. The molecule has 1 aliphatic heterocycles. The highest BCUT2D eigenvalue weighted by Crippen LogP contribution is 2.28. The third-order valence-electron chi connectivity index (χ3n) is 4.61. The van der Waals surface area contributed by atoms with E-state index in [2.05, 4.69) is 15.8 Å². The standard InChI is InChI=1S/C19H19F3N4O5S/c1-12-15(5-6-16(23-12)19(20,21)22)18(28)25-24-17(27)13-3-2-4-14(11-13)32(29,30)26-7-9-31-10-8-26/h2-6,11H,7-10H2,1H3,(H,24,27)(H,25,28). The lowest BCUT2D eigenvalue weighted by Gasteiger charge is -2.26. The Balaban J connectivity index is 1.69. The van der Waals surface area contributed by atoms with Gasteiger partial charge in [0.05, 0.1) is 29.4 Å². The van der Waals surface area contributed by atoms with Gasteiger partial charge in [0.25, 0.3) is 11.8 Å². The Kier molecular flexibility index (Phi) is 6.81. The number of nitrogens with zero attached hydrogens (tertiary/aromatic N) is 2. The molecule has 172 valence electrons. The third kappa shape index (κ3) is 5.23. The number of hydrazine groups is 1. The van der Waals surface area contributed by atoms with E-state index in [9.17, 15) is 31.2 Å². The van der Waals surface area contributed by atoms with Crippen molar-refractivity contribution in [3.05, 3.63) is 58.9 Å². The smallest absolute Gasteiger partial charge is 0.379 e. The predicted octanol–water partition coefficient (Wildman–Crippen LogP) is 1.50. The fourth-order valence-corrected chi connectivity index (χ4v) is 4.40. The van der Waals surface area contributed by atoms with E-state index in [1.165, 1.54) is 29.4 Å². The number of rotatable bonds is 4. The second-order valence-corrected chi connectivity index (χ2v) is 8.72. The van der Waals surface area contributed by atoms with Gasteiger partial charge in [-0.2, -0.15) is 17.5 Å². The number of hydrogen-bond donors (Lipinski definition) is 2. The number of pyridine rings is 1. The van der Waals surface area contributed by atoms with E-state index in [0.29, 0.717) is 6.07 Å². The van der Waals surface area contributed by atoms with E-state index < -0.39 is 33.7 Å². The summed E-state index contributed by atoms with van der Waals surface area (Å²) in [5.41, 5.74) is 2.67. The van der Waals surface area contributed by atoms with Crippen LogP contribution < -0.4 is 10.9 Å². The van der Waals surface area contributed by atoms with E-state index in [4.69, 9.17) is 4.74 Å². The van der Waals surface area contributed by atoms with Crippen LogP contribution in [0.15, 0.2) is 41.3 Å². The van der Waals surface area contributed by atoms with Crippen molar-refractivity contribution in [1.82, 2.24) is 20.1 Å². The fraction of sp³-hybridized carbons (Fsp3) is 0.316. The molecule has 0 aliphatic carbocycles. The molecule has 1 aromatic heterocycles. The Hall–Kier alpha value is -3.03. The number of morpholine rings is 1. The van der Waals surface area contributed by atoms with Crippen LogP contribution in [-0.2, 0) is 20.9 Å². The number of halogens is 3. The summed E-state index contributed by atoms with van der Waals surface area (Å²) in [6.07, 6.45) is -4.65. The normalized spacial score (nSPS) is 15.2. The molecule has 2 amide bonds. The molecule has 1 fully saturated rings. The molecule has 1 aliphatic rings. The average Bonchev–Trinajstić information content (AvgIpc) is 2.77. The second kappa shape index (κ2) is 9.22. The van der Waals surface area contributed by atoms with Gasteiger partial charge in [-0.1, -0.05) is 6.07 Å². The molecular formula is C19H19F3N4O5S. The van der Waals surface area contributed by atoms with Gasteiger partial charge in [-0.15, -0.1) is 0 Å². The van der Waals surface area contributed by atoms with Crippen molar-refractivity contribution >= 4 is 21.8 Å². The van der Waals surface area contributed by atoms with E-state index >= 15 is 0 Å². The summed E-state index contributed by atoms with van der Waals surface area (Å²) in [5, 5.41) is 0. The van der Waals surface area contributed by atoms with Gasteiger partial charge in [0, 0.05) is 18.7 Å². The third-order valence-corrected chi connectivity index (χ3v) is 6.51. The number of carbonyl (C=O) groups is 2. The molecule has 32 heavy (non-hydrogen) atoms. The van der Waals surface area contributed by atoms with Crippen LogP contribution in [0, 0.1) is 6.92 Å². The molecule has 0 atom stereocenters. The van der Waals surface area contributed by atoms with Gasteiger partial charge >= 0.3 is 6.18 Å². The van der Waals surface area contributed by atoms with Gasteiger partial charge in [0.1, 0.15) is 5.69 Å². The van der Waals surface area contributed by atoms with Crippen LogP contribution in [0.3, 0.4) is 0 Å². The lowest BCUT2D eigenvalue weighted by molar-refractivity contribution is -0.141. The van der Waals surface area contributed by atoms with Crippen molar-refractivity contribution in [2.24, 2.45) is 0 Å². The van der Waals surface area contributed by atoms with Crippen LogP contribution in [0.25, 0.3) is 0 Å². The van der Waals surface area contributed by atoms with Crippen LogP contribution >= 0.6 is 0 Å². The van der Waals surface area contributed by atoms with Gasteiger partial charge in [0.15, 0.2) is 0 Å². The minimum Gasteiger partial charge on any atom is -0.379 e. The molecule has 0 bridgehead atoms. The summed E-state index contributed by atoms with van der Waals surface area (Å²) in [7, 11) is -3.83. The number of sulfonamides is 1. The highest BCUT2D eigenvalue weighted by atomic mass is 32.2. The number of carbonyl (C=O) groups excluding carboxylic acids is 2. The van der Waals surface area contributed by atoms with E-state index in [1.807, 2.05) is 0 Å². The predicted molar refractivity (Wildman–Crippen MR) is 105 cm³/mol. The maximum atomic E-state index is 12.7. The summed E-state index contributed by atoms with van der Waals surface area (Å²) < 4.78 is 70.0. The Labute approximate surface area is 181 Å². The summed E-state index contributed by atoms with van der Waals surface area (Å²) in [4.78, 5) is 27.9. The molecule has 13 heteroatoms. The Morgan fingerprint density at radius 1 is 1.06 bits per heavy atom. The quantitative estimate of drug-likeness (QED) is 0.652. The zero-order valence-corrected chi connectivity index (χ0v) is 17.6. The largest absolute Gasteiger partial charge is 0.433 e. The average molecular weight is 472 g/mol. The number of aromatic nitrogens is 1. The van der Waals surface area contributed by atoms with Crippen molar-refractivity contribution in [2.75, 3.05) is 26.3 Å². The molecule has 2 aromatic rings. The zero-order chi connectivity index (χ0) is 23.5. The molecule has 2 heterocycles. The van der Waals surface area contributed by atoms with Crippen molar-refractivity contribution < 1.29 is 35.9 Å². The van der Waals surface area contributed by atoms with Gasteiger partial charge in [0.2, 0.25) is 10.0 Å². The molecule has 1 aromatic carbocycles. The zero-order valence-electron chi connectivity index (χ0n) is 16.8. The van der Waals surface area contributed by atoms with Crippen LogP contribution in [0.4, 0.5) is 13.2 Å². The Morgan fingerprint density at radius 2 is 1.72 bits per heavy atom. The maximum Gasteiger partial charge on any atom is 0.433 e. The summed E-state index contributed by atoms with van der Waals surface area (Å²) in [5.74, 6) is -1.69. The van der Waals surface area contributed by atoms with Crippen molar-refractivity contribution in [2.45, 2.75) is 18.0 Å². The number of benzene rings is 1.